The van der Waals surface area contributed by atoms with Crippen LogP contribution >= 0.6 is 0 Å². The third kappa shape index (κ3) is 4.15. The summed E-state index contributed by atoms with van der Waals surface area (Å²) in [6, 6.07) is 26.1. The summed E-state index contributed by atoms with van der Waals surface area (Å²) in [5.74, 6) is 2.29. The van der Waals surface area contributed by atoms with E-state index in [1.165, 1.54) is 0 Å². The largest absolute Gasteiger partial charge is 0.366 e. The lowest BCUT2D eigenvalue weighted by Gasteiger charge is -2.20. The molecular formula is C23H21N5. The zero-order valence-corrected chi connectivity index (χ0v) is 15.7. The van der Waals surface area contributed by atoms with E-state index in [0.717, 1.165) is 28.5 Å². The van der Waals surface area contributed by atoms with Crippen molar-refractivity contribution in [3.8, 4) is 11.4 Å². The third-order valence-electron chi connectivity index (χ3n) is 4.43. The number of hydrogen-bond donors (Lipinski definition) is 1. The quantitative estimate of drug-likeness (QED) is 0.524. The summed E-state index contributed by atoms with van der Waals surface area (Å²) >= 11 is 0. The van der Waals surface area contributed by atoms with Gasteiger partial charge < -0.3 is 10.2 Å². The predicted octanol–water partition coefficient (Wildman–Crippen LogP) is 4.92. The molecule has 0 unspecified atom stereocenters. The second-order valence-corrected chi connectivity index (χ2v) is 6.41. The molecule has 2 aromatic heterocycles. The maximum atomic E-state index is 4.80. The lowest BCUT2D eigenvalue weighted by atomic mass is 10.2. The van der Waals surface area contributed by atoms with E-state index in [1.807, 2.05) is 80.0 Å². The normalized spacial score (nSPS) is 10.5. The minimum absolute atomic E-state index is 0.646. The van der Waals surface area contributed by atoms with Crippen molar-refractivity contribution in [2.45, 2.75) is 6.54 Å². The van der Waals surface area contributed by atoms with Crippen molar-refractivity contribution in [1.29, 1.82) is 0 Å². The van der Waals surface area contributed by atoms with Gasteiger partial charge in [0, 0.05) is 43.3 Å². The van der Waals surface area contributed by atoms with Crippen LogP contribution in [0.3, 0.4) is 0 Å². The molecule has 0 amide bonds. The molecule has 0 atom stereocenters. The number of pyridine rings is 1. The van der Waals surface area contributed by atoms with Gasteiger partial charge in [-0.15, -0.1) is 0 Å². The Kier molecular flexibility index (Phi) is 5.24. The molecule has 4 aromatic rings. The van der Waals surface area contributed by atoms with Gasteiger partial charge in [0.05, 0.1) is 0 Å². The van der Waals surface area contributed by atoms with Crippen LogP contribution in [-0.2, 0) is 6.54 Å². The summed E-state index contributed by atoms with van der Waals surface area (Å²) in [5, 5.41) is 3.40. The second kappa shape index (κ2) is 8.31. The van der Waals surface area contributed by atoms with E-state index < -0.39 is 0 Å². The summed E-state index contributed by atoms with van der Waals surface area (Å²) in [5.41, 5.74) is 3.15. The summed E-state index contributed by atoms with van der Waals surface area (Å²) in [7, 11) is 2.01. The molecule has 0 aliphatic rings. The van der Waals surface area contributed by atoms with Gasteiger partial charge in [-0.05, 0) is 23.8 Å². The van der Waals surface area contributed by atoms with Crippen LogP contribution in [-0.4, -0.2) is 22.0 Å². The molecule has 2 heterocycles. The van der Waals surface area contributed by atoms with Crippen molar-refractivity contribution in [2.24, 2.45) is 0 Å². The van der Waals surface area contributed by atoms with E-state index in [4.69, 9.17) is 9.97 Å². The van der Waals surface area contributed by atoms with Crippen molar-refractivity contribution in [1.82, 2.24) is 15.0 Å². The summed E-state index contributed by atoms with van der Waals surface area (Å²) in [6.45, 7) is 0.646. The highest BCUT2D eigenvalue weighted by Gasteiger charge is 2.11. The lowest BCUT2D eigenvalue weighted by molar-refractivity contribution is 1.05. The number of benzene rings is 2. The smallest absolute Gasteiger partial charge is 0.163 e. The van der Waals surface area contributed by atoms with Crippen LogP contribution < -0.4 is 10.2 Å². The minimum atomic E-state index is 0.646. The Balaban J connectivity index is 1.69. The molecule has 0 bridgehead atoms. The van der Waals surface area contributed by atoms with Crippen LogP contribution in [0.2, 0.25) is 0 Å². The first-order valence-electron chi connectivity index (χ1n) is 9.16. The maximum absolute atomic E-state index is 4.80. The van der Waals surface area contributed by atoms with Crippen LogP contribution in [0.15, 0.2) is 91.3 Å². The number of rotatable bonds is 6. The first-order chi connectivity index (χ1) is 13.8. The number of nitrogens with zero attached hydrogens (tertiary/aromatic N) is 4. The van der Waals surface area contributed by atoms with Gasteiger partial charge in [0.2, 0.25) is 0 Å². The zero-order valence-electron chi connectivity index (χ0n) is 15.7. The van der Waals surface area contributed by atoms with Crippen molar-refractivity contribution in [2.75, 3.05) is 17.3 Å². The van der Waals surface area contributed by atoms with E-state index in [1.54, 1.807) is 6.20 Å². The van der Waals surface area contributed by atoms with Crippen LogP contribution in [0, 0.1) is 0 Å². The van der Waals surface area contributed by atoms with Gasteiger partial charge in [0.25, 0.3) is 0 Å². The SMILES string of the molecule is CN(c1ccccc1)c1cc(NCc2cccnc2)nc(-c2ccccc2)n1. The molecule has 0 radical (unpaired) electrons. The van der Waals surface area contributed by atoms with Crippen LogP contribution in [0.1, 0.15) is 5.56 Å². The highest BCUT2D eigenvalue weighted by Crippen LogP contribution is 2.26. The third-order valence-corrected chi connectivity index (χ3v) is 4.43. The molecule has 0 aliphatic carbocycles. The molecule has 4 rings (SSSR count). The highest BCUT2D eigenvalue weighted by atomic mass is 15.2. The topological polar surface area (TPSA) is 53.9 Å². The number of hydrogen-bond acceptors (Lipinski definition) is 5. The van der Waals surface area contributed by atoms with E-state index in [-0.39, 0.29) is 0 Å². The molecule has 28 heavy (non-hydrogen) atoms. The molecule has 5 nitrogen and oxygen atoms in total. The molecule has 1 N–H and O–H groups in total. The Morgan fingerprint density at radius 1 is 0.857 bits per heavy atom. The second-order valence-electron chi connectivity index (χ2n) is 6.41. The van der Waals surface area contributed by atoms with Crippen LogP contribution in [0.5, 0.6) is 0 Å². The number of para-hydroxylation sites is 1. The molecule has 138 valence electrons. The minimum Gasteiger partial charge on any atom is -0.366 e. The summed E-state index contributed by atoms with van der Waals surface area (Å²) in [4.78, 5) is 15.7. The zero-order chi connectivity index (χ0) is 19.2. The first-order valence-corrected chi connectivity index (χ1v) is 9.16. The first kappa shape index (κ1) is 17.7. The van der Waals surface area contributed by atoms with E-state index in [9.17, 15) is 0 Å². The van der Waals surface area contributed by atoms with Gasteiger partial charge in [-0.3, -0.25) is 4.98 Å². The van der Waals surface area contributed by atoms with Gasteiger partial charge in [-0.2, -0.15) is 0 Å². The lowest BCUT2D eigenvalue weighted by Crippen LogP contribution is -2.13. The number of nitrogens with one attached hydrogen (secondary N) is 1. The fraction of sp³-hybridized carbons (Fsp3) is 0.0870. The van der Waals surface area contributed by atoms with Gasteiger partial charge in [-0.25, -0.2) is 9.97 Å². The van der Waals surface area contributed by atoms with Gasteiger partial charge >= 0.3 is 0 Å². The summed E-state index contributed by atoms with van der Waals surface area (Å²) < 4.78 is 0. The number of aromatic nitrogens is 3. The Labute approximate surface area is 164 Å². The highest BCUT2D eigenvalue weighted by molar-refractivity contribution is 5.66. The fourth-order valence-corrected chi connectivity index (χ4v) is 2.89. The van der Waals surface area contributed by atoms with E-state index in [2.05, 4.69) is 27.3 Å². The Morgan fingerprint density at radius 3 is 2.32 bits per heavy atom. The molecular weight excluding hydrogens is 346 g/mol. The van der Waals surface area contributed by atoms with Crippen molar-refractivity contribution < 1.29 is 0 Å². The molecule has 0 fully saturated rings. The van der Waals surface area contributed by atoms with Gasteiger partial charge in [0.1, 0.15) is 11.6 Å². The maximum Gasteiger partial charge on any atom is 0.163 e. The number of anilines is 3. The van der Waals surface area contributed by atoms with Crippen molar-refractivity contribution in [3.63, 3.8) is 0 Å². The van der Waals surface area contributed by atoms with Gasteiger partial charge in [0.15, 0.2) is 5.82 Å². The Hall–Kier alpha value is -3.73. The Bertz CT molecular complexity index is 1020. The van der Waals surface area contributed by atoms with Crippen LogP contribution in [0.25, 0.3) is 11.4 Å². The molecule has 5 heteroatoms. The molecule has 0 saturated carbocycles. The van der Waals surface area contributed by atoms with Crippen molar-refractivity contribution >= 4 is 17.3 Å². The molecule has 2 aromatic carbocycles. The summed E-state index contributed by atoms with van der Waals surface area (Å²) in [6.07, 6.45) is 3.62. The standard InChI is InChI=1S/C23H21N5/c1-28(20-12-6-3-7-13-20)22-15-21(25-17-18-9-8-14-24-16-18)26-23(27-22)19-10-4-2-5-11-19/h2-16H,17H2,1H3,(H,25,26,27). The molecule has 0 saturated heterocycles. The van der Waals surface area contributed by atoms with E-state index in [0.29, 0.717) is 12.4 Å². The Morgan fingerprint density at radius 2 is 1.61 bits per heavy atom. The van der Waals surface area contributed by atoms with E-state index >= 15 is 0 Å². The predicted molar refractivity (Wildman–Crippen MR) is 114 cm³/mol. The average molecular weight is 367 g/mol. The van der Waals surface area contributed by atoms with Gasteiger partial charge in [-0.1, -0.05) is 54.6 Å². The molecule has 0 aliphatic heterocycles. The van der Waals surface area contributed by atoms with Crippen molar-refractivity contribution in [3.05, 3.63) is 96.8 Å². The monoisotopic (exact) mass is 367 g/mol. The molecule has 0 spiro atoms. The van der Waals surface area contributed by atoms with Crippen LogP contribution in [0.4, 0.5) is 17.3 Å². The average Bonchev–Trinajstić information content (AvgIpc) is 2.79. The fourth-order valence-electron chi connectivity index (χ4n) is 2.89.